The molecule has 0 aromatic heterocycles. The van der Waals surface area contributed by atoms with Crippen molar-refractivity contribution < 1.29 is 5.11 Å². The molecule has 1 atom stereocenters. The Hall–Kier alpha value is -0.0800. The molecule has 0 aromatic carbocycles. The lowest BCUT2D eigenvalue weighted by atomic mass is 10.1. The summed E-state index contributed by atoms with van der Waals surface area (Å²) < 4.78 is 0. The molecule has 2 nitrogen and oxygen atoms in total. The molecule has 0 radical (unpaired) electrons. The Morgan fingerprint density at radius 3 is 2.60 bits per heavy atom. The van der Waals surface area contributed by atoms with Crippen LogP contribution in [0, 0.1) is 0 Å². The number of β-amino-alcohol motifs (C(OH)–C–C–N with tert-alkyl or cyclic N) is 1. The van der Waals surface area contributed by atoms with Crippen molar-refractivity contribution in [3.8, 4) is 0 Å². The Balaban J connectivity index is 1.99. The topological polar surface area (TPSA) is 23.5 Å². The van der Waals surface area contributed by atoms with Gasteiger partial charge in [-0.25, -0.2) is 0 Å². The SMILES string of the molecule is CCCC(O)CN1CCC1. The first-order valence-corrected chi connectivity index (χ1v) is 4.23. The van der Waals surface area contributed by atoms with Crippen LogP contribution in [0.5, 0.6) is 0 Å². The van der Waals surface area contributed by atoms with Crippen molar-refractivity contribution in [1.29, 1.82) is 0 Å². The summed E-state index contributed by atoms with van der Waals surface area (Å²) in [5, 5.41) is 9.34. The summed E-state index contributed by atoms with van der Waals surface area (Å²) in [6, 6.07) is 0. The Morgan fingerprint density at radius 2 is 2.20 bits per heavy atom. The fraction of sp³-hybridized carbons (Fsp3) is 1.00. The van der Waals surface area contributed by atoms with Gasteiger partial charge < -0.3 is 10.0 Å². The van der Waals surface area contributed by atoms with Gasteiger partial charge in [0.1, 0.15) is 0 Å². The average Bonchev–Trinajstić information content (AvgIpc) is 1.80. The van der Waals surface area contributed by atoms with Crippen molar-refractivity contribution in [2.45, 2.75) is 32.3 Å². The highest BCUT2D eigenvalue weighted by Gasteiger charge is 2.16. The molecule has 0 spiro atoms. The predicted molar refractivity (Wildman–Crippen MR) is 42.0 cm³/mol. The number of aliphatic hydroxyl groups excluding tert-OH is 1. The molecule has 0 aromatic rings. The number of hydrogen-bond donors (Lipinski definition) is 1. The van der Waals surface area contributed by atoms with E-state index >= 15 is 0 Å². The molecule has 1 rings (SSSR count). The van der Waals surface area contributed by atoms with Crippen molar-refractivity contribution in [2.75, 3.05) is 19.6 Å². The first-order valence-electron chi connectivity index (χ1n) is 4.23. The van der Waals surface area contributed by atoms with Crippen LogP contribution in [-0.2, 0) is 0 Å². The van der Waals surface area contributed by atoms with Crippen LogP contribution in [0.25, 0.3) is 0 Å². The van der Waals surface area contributed by atoms with Crippen LogP contribution in [0.2, 0.25) is 0 Å². The molecule has 0 amide bonds. The Labute approximate surface area is 62.8 Å². The van der Waals surface area contributed by atoms with E-state index in [1.54, 1.807) is 0 Å². The third-order valence-electron chi connectivity index (χ3n) is 2.04. The van der Waals surface area contributed by atoms with Crippen molar-refractivity contribution in [1.82, 2.24) is 4.90 Å². The summed E-state index contributed by atoms with van der Waals surface area (Å²) in [6.07, 6.45) is 3.29. The quantitative estimate of drug-likeness (QED) is 0.630. The van der Waals surface area contributed by atoms with Gasteiger partial charge in [-0.3, -0.25) is 0 Å². The highest BCUT2D eigenvalue weighted by molar-refractivity contribution is 4.71. The van der Waals surface area contributed by atoms with Crippen LogP contribution in [0.1, 0.15) is 26.2 Å². The largest absolute Gasteiger partial charge is 0.392 e. The maximum Gasteiger partial charge on any atom is 0.0667 e. The first kappa shape index (κ1) is 8.02. The summed E-state index contributed by atoms with van der Waals surface area (Å²) >= 11 is 0. The highest BCUT2D eigenvalue weighted by atomic mass is 16.3. The van der Waals surface area contributed by atoms with E-state index in [1.807, 2.05) is 0 Å². The molecule has 2 heteroatoms. The molecular weight excluding hydrogens is 126 g/mol. The van der Waals surface area contributed by atoms with Crippen LogP contribution in [0.3, 0.4) is 0 Å². The van der Waals surface area contributed by atoms with E-state index in [1.165, 1.54) is 19.5 Å². The molecule has 1 aliphatic heterocycles. The molecule has 60 valence electrons. The number of rotatable bonds is 4. The molecule has 0 saturated carbocycles. The molecule has 0 bridgehead atoms. The minimum Gasteiger partial charge on any atom is -0.392 e. The lowest BCUT2D eigenvalue weighted by Crippen LogP contribution is -2.42. The van der Waals surface area contributed by atoms with Gasteiger partial charge in [-0.15, -0.1) is 0 Å². The van der Waals surface area contributed by atoms with Gasteiger partial charge in [-0.1, -0.05) is 13.3 Å². The second-order valence-electron chi connectivity index (χ2n) is 3.10. The van der Waals surface area contributed by atoms with E-state index in [4.69, 9.17) is 0 Å². The van der Waals surface area contributed by atoms with Gasteiger partial charge in [0.2, 0.25) is 0 Å². The zero-order valence-electron chi connectivity index (χ0n) is 6.71. The monoisotopic (exact) mass is 143 g/mol. The van der Waals surface area contributed by atoms with E-state index in [0.717, 1.165) is 19.4 Å². The van der Waals surface area contributed by atoms with Crippen LogP contribution < -0.4 is 0 Å². The summed E-state index contributed by atoms with van der Waals surface area (Å²) in [5.41, 5.74) is 0. The number of hydrogen-bond acceptors (Lipinski definition) is 2. The predicted octanol–water partition coefficient (Wildman–Crippen LogP) is 0.853. The maximum absolute atomic E-state index is 9.34. The second kappa shape index (κ2) is 3.94. The lowest BCUT2D eigenvalue weighted by molar-refractivity contribution is 0.0733. The third kappa shape index (κ3) is 2.27. The third-order valence-corrected chi connectivity index (χ3v) is 2.04. The van der Waals surface area contributed by atoms with Crippen molar-refractivity contribution in [2.24, 2.45) is 0 Å². The molecular formula is C8H17NO. The highest BCUT2D eigenvalue weighted by Crippen LogP contribution is 2.08. The molecule has 0 aliphatic carbocycles. The van der Waals surface area contributed by atoms with Gasteiger partial charge in [0.15, 0.2) is 0 Å². The van der Waals surface area contributed by atoms with E-state index in [2.05, 4.69) is 11.8 Å². The smallest absolute Gasteiger partial charge is 0.0667 e. The van der Waals surface area contributed by atoms with Gasteiger partial charge in [0.25, 0.3) is 0 Å². The number of nitrogens with zero attached hydrogens (tertiary/aromatic N) is 1. The summed E-state index contributed by atoms with van der Waals surface area (Å²) in [5.74, 6) is 0. The van der Waals surface area contributed by atoms with Crippen molar-refractivity contribution in [3.05, 3.63) is 0 Å². The number of likely N-dealkylation sites (tertiary alicyclic amines) is 1. The van der Waals surface area contributed by atoms with Gasteiger partial charge in [0, 0.05) is 6.54 Å². The summed E-state index contributed by atoms with van der Waals surface area (Å²) in [6.45, 7) is 5.40. The molecule has 1 aliphatic rings. The minimum atomic E-state index is -0.0784. The Morgan fingerprint density at radius 1 is 1.50 bits per heavy atom. The van der Waals surface area contributed by atoms with Crippen molar-refractivity contribution >= 4 is 0 Å². The van der Waals surface area contributed by atoms with Gasteiger partial charge in [-0.2, -0.15) is 0 Å². The van der Waals surface area contributed by atoms with E-state index in [-0.39, 0.29) is 6.10 Å². The Bertz CT molecular complexity index is 91.3. The maximum atomic E-state index is 9.34. The van der Waals surface area contributed by atoms with Crippen molar-refractivity contribution in [3.63, 3.8) is 0 Å². The lowest BCUT2D eigenvalue weighted by Gasteiger charge is -2.32. The number of aliphatic hydroxyl groups is 1. The van der Waals surface area contributed by atoms with E-state index in [9.17, 15) is 5.11 Å². The van der Waals surface area contributed by atoms with Crippen LogP contribution in [-0.4, -0.2) is 35.7 Å². The van der Waals surface area contributed by atoms with Crippen LogP contribution >= 0.6 is 0 Å². The molecule has 1 saturated heterocycles. The normalized spacial score (nSPS) is 22.2. The minimum absolute atomic E-state index is 0.0784. The van der Waals surface area contributed by atoms with E-state index < -0.39 is 0 Å². The fourth-order valence-electron chi connectivity index (χ4n) is 1.29. The summed E-state index contributed by atoms with van der Waals surface area (Å²) in [7, 11) is 0. The average molecular weight is 143 g/mol. The molecule has 10 heavy (non-hydrogen) atoms. The summed E-state index contributed by atoms with van der Waals surface area (Å²) in [4.78, 5) is 2.31. The first-order chi connectivity index (χ1) is 4.83. The van der Waals surface area contributed by atoms with E-state index in [0.29, 0.717) is 0 Å². The van der Waals surface area contributed by atoms with Gasteiger partial charge >= 0.3 is 0 Å². The zero-order valence-corrected chi connectivity index (χ0v) is 6.71. The molecule has 1 fully saturated rings. The zero-order chi connectivity index (χ0) is 7.40. The van der Waals surface area contributed by atoms with Crippen LogP contribution in [0.4, 0.5) is 0 Å². The molecule has 1 N–H and O–H groups in total. The van der Waals surface area contributed by atoms with Crippen LogP contribution in [0.15, 0.2) is 0 Å². The van der Waals surface area contributed by atoms with Gasteiger partial charge in [0.05, 0.1) is 6.10 Å². The standard InChI is InChI=1S/C8H17NO/c1-2-4-8(10)7-9-5-3-6-9/h8,10H,2-7H2,1H3. The fourth-order valence-corrected chi connectivity index (χ4v) is 1.29. The second-order valence-corrected chi connectivity index (χ2v) is 3.10. The van der Waals surface area contributed by atoms with Gasteiger partial charge in [-0.05, 0) is 25.9 Å². The molecule has 1 unspecified atom stereocenters. The molecule has 1 heterocycles. The Kier molecular flexibility index (Phi) is 3.16.